The molecule has 1 aromatic carbocycles. The summed E-state index contributed by atoms with van der Waals surface area (Å²) in [7, 11) is 0. The predicted octanol–water partition coefficient (Wildman–Crippen LogP) is 2.57. The van der Waals surface area contributed by atoms with Gasteiger partial charge in [0, 0.05) is 12.2 Å². The lowest BCUT2D eigenvalue weighted by Gasteiger charge is -2.13. The van der Waals surface area contributed by atoms with Crippen LogP contribution in [0, 0.1) is 12.8 Å². The highest BCUT2D eigenvalue weighted by Crippen LogP contribution is 2.22. The molecular weight excluding hydrogens is 276 g/mol. The molecule has 5 nitrogen and oxygen atoms in total. The smallest absolute Gasteiger partial charge is 0.336 e. The second-order valence-corrected chi connectivity index (χ2v) is 6.00. The van der Waals surface area contributed by atoms with Crippen LogP contribution in [0.5, 0.6) is 0 Å². The Labute approximate surface area is 122 Å². The number of thioether (sulfide) groups is 1. The number of carboxylic acids is 1. The van der Waals surface area contributed by atoms with Crippen LogP contribution < -0.4 is 10.6 Å². The minimum Gasteiger partial charge on any atom is -0.478 e. The van der Waals surface area contributed by atoms with Crippen LogP contribution in [0.4, 0.5) is 10.5 Å². The van der Waals surface area contributed by atoms with E-state index < -0.39 is 5.97 Å². The Morgan fingerprint density at radius 1 is 1.45 bits per heavy atom. The maximum absolute atomic E-state index is 11.8. The van der Waals surface area contributed by atoms with Gasteiger partial charge in [0.1, 0.15) is 0 Å². The van der Waals surface area contributed by atoms with E-state index in [9.17, 15) is 9.59 Å². The molecule has 2 rings (SSSR count). The van der Waals surface area contributed by atoms with Crippen LogP contribution in [0.1, 0.15) is 22.3 Å². The van der Waals surface area contributed by atoms with Crippen LogP contribution >= 0.6 is 11.8 Å². The number of hydrogen-bond donors (Lipinski definition) is 3. The Morgan fingerprint density at radius 3 is 2.90 bits per heavy atom. The summed E-state index contributed by atoms with van der Waals surface area (Å²) in [4.78, 5) is 22.9. The van der Waals surface area contributed by atoms with Gasteiger partial charge in [-0.15, -0.1) is 0 Å². The van der Waals surface area contributed by atoms with E-state index in [0.29, 0.717) is 23.7 Å². The first kappa shape index (κ1) is 14.7. The molecule has 1 atom stereocenters. The number of urea groups is 1. The van der Waals surface area contributed by atoms with E-state index in [0.717, 1.165) is 17.9 Å². The van der Waals surface area contributed by atoms with E-state index in [2.05, 4.69) is 10.6 Å². The Bertz CT molecular complexity index is 513. The molecule has 6 heteroatoms. The number of carboxylic acid groups (broad SMARTS) is 1. The monoisotopic (exact) mass is 294 g/mol. The Kier molecular flexibility index (Phi) is 4.89. The van der Waals surface area contributed by atoms with Gasteiger partial charge in [-0.1, -0.05) is 6.07 Å². The van der Waals surface area contributed by atoms with Crippen molar-refractivity contribution in [3.05, 3.63) is 29.3 Å². The second-order valence-electron chi connectivity index (χ2n) is 4.85. The van der Waals surface area contributed by atoms with Crippen molar-refractivity contribution < 1.29 is 14.7 Å². The van der Waals surface area contributed by atoms with Crippen LogP contribution in [0.25, 0.3) is 0 Å². The maximum Gasteiger partial charge on any atom is 0.336 e. The summed E-state index contributed by atoms with van der Waals surface area (Å²) in [5, 5.41) is 14.6. The van der Waals surface area contributed by atoms with Gasteiger partial charge >= 0.3 is 12.0 Å². The number of carbonyl (C=O) groups is 2. The molecule has 1 saturated heterocycles. The molecule has 0 aliphatic carbocycles. The topological polar surface area (TPSA) is 78.4 Å². The number of rotatable bonds is 4. The second kappa shape index (κ2) is 6.65. The van der Waals surface area contributed by atoms with Gasteiger partial charge in [0.15, 0.2) is 0 Å². The average Bonchev–Trinajstić information content (AvgIpc) is 2.91. The third-order valence-electron chi connectivity index (χ3n) is 3.39. The van der Waals surface area contributed by atoms with Crippen molar-refractivity contribution in [2.45, 2.75) is 13.3 Å². The maximum atomic E-state index is 11.8. The summed E-state index contributed by atoms with van der Waals surface area (Å²) in [6, 6.07) is 4.57. The van der Waals surface area contributed by atoms with E-state index in [1.165, 1.54) is 6.07 Å². The summed E-state index contributed by atoms with van der Waals surface area (Å²) in [5.41, 5.74) is 1.30. The van der Waals surface area contributed by atoms with Crippen molar-refractivity contribution in [3.8, 4) is 0 Å². The molecule has 1 heterocycles. The quantitative estimate of drug-likeness (QED) is 0.797. The molecule has 1 aliphatic heterocycles. The first-order valence-electron chi connectivity index (χ1n) is 6.53. The van der Waals surface area contributed by atoms with E-state index >= 15 is 0 Å². The first-order chi connectivity index (χ1) is 9.58. The highest BCUT2D eigenvalue weighted by molar-refractivity contribution is 7.99. The van der Waals surface area contributed by atoms with Gasteiger partial charge in [0.25, 0.3) is 0 Å². The van der Waals surface area contributed by atoms with Gasteiger partial charge in [0.05, 0.1) is 5.56 Å². The Hall–Kier alpha value is -1.69. The van der Waals surface area contributed by atoms with Crippen LogP contribution in [0.3, 0.4) is 0 Å². The fourth-order valence-electron chi connectivity index (χ4n) is 2.15. The molecule has 108 valence electrons. The van der Waals surface area contributed by atoms with Crippen molar-refractivity contribution in [1.29, 1.82) is 0 Å². The van der Waals surface area contributed by atoms with Crippen molar-refractivity contribution >= 4 is 29.4 Å². The fraction of sp³-hybridized carbons (Fsp3) is 0.429. The summed E-state index contributed by atoms with van der Waals surface area (Å²) in [5.74, 6) is 1.80. The Morgan fingerprint density at radius 2 is 2.25 bits per heavy atom. The molecular formula is C14H18N2O3S. The zero-order chi connectivity index (χ0) is 14.5. The third-order valence-corrected chi connectivity index (χ3v) is 4.62. The SMILES string of the molecule is Cc1c(NC(=O)NCC2CCSC2)cccc1C(=O)O. The zero-order valence-corrected chi connectivity index (χ0v) is 12.1. The Balaban J connectivity index is 1.93. The third kappa shape index (κ3) is 3.66. The largest absolute Gasteiger partial charge is 0.478 e. The van der Waals surface area contributed by atoms with Gasteiger partial charge in [-0.25, -0.2) is 9.59 Å². The minimum absolute atomic E-state index is 0.204. The van der Waals surface area contributed by atoms with Crippen molar-refractivity contribution in [2.24, 2.45) is 5.92 Å². The van der Waals surface area contributed by atoms with Crippen LogP contribution in [0.2, 0.25) is 0 Å². The van der Waals surface area contributed by atoms with E-state index in [-0.39, 0.29) is 11.6 Å². The minimum atomic E-state index is -0.991. The number of nitrogens with one attached hydrogen (secondary N) is 2. The average molecular weight is 294 g/mol. The molecule has 0 saturated carbocycles. The standard InChI is InChI=1S/C14H18N2O3S/c1-9-11(13(17)18)3-2-4-12(9)16-14(19)15-7-10-5-6-20-8-10/h2-4,10H,5-8H2,1H3,(H,17,18)(H2,15,16,19). The van der Waals surface area contributed by atoms with Crippen molar-refractivity contribution in [1.82, 2.24) is 5.32 Å². The first-order valence-corrected chi connectivity index (χ1v) is 7.69. The van der Waals surface area contributed by atoms with Crippen LogP contribution in [0.15, 0.2) is 18.2 Å². The fourth-order valence-corrected chi connectivity index (χ4v) is 3.44. The van der Waals surface area contributed by atoms with Gasteiger partial charge in [-0.2, -0.15) is 11.8 Å². The number of benzene rings is 1. The lowest BCUT2D eigenvalue weighted by molar-refractivity contribution is 0.0696. The number of aromatic carboxylic acids is 1. The molecule has 0 bridgehead atoms. The van der Waals surface area contributed by atoms with Gasteiger partial charge in [-0.3, -0.25) is 0 Å². The number of anilines is 1. The molecule has 3 N–H and O–H groups in total. The van der Waals surface area contributed by atoms with Crippen molar-refractivity contribution in [2.75, 3.05) is 23.4 Å². The van der Waals surface area contributed by atoms with E-state index in [1.807, 2.05) is 11.8 Å². The molecule has 2 amide bonds. The molecule has 0 spiro atoms. The number of amides is 2. The van der Waals surface area contributed by atoms with Gasteiger partial charge < -0.3 is 15.7 Å². The zero-order valence-electron chi connectivity index (χ0n) is 11.3. The summed E-state index contributed by atoms with van der Waals surface area (Å²) < 4.78 is 0. The lowest BCUT2D eigenvalue weighted by atomic mass is 10.1. The normalized spacial score (nSPS) is 17.8. The van der Waals surface area contributed by atoms with Gasteiger partial charge in [0.2, 0.25) is 0 Å². The molecule has 1 unspecified atom stereocenters. The van der Waals surface area contributed by atoms with Crippen molar-refractivity contribution in [3.63, 3.8) is 0 Å². The highest BCUT2D eigenvalue weighted by atomic mass is 32.2. The predicted molar refractivity (Wildman–Crippen MR) is 80.6 cm³/mol. The number of hydrogen-bond acceptors (Lipinski definition) is 3. The molecule has 20 heavy (non-hydrogen) atoms. The summed E-state index contributed by atoms with van der Waals surface area (Å²) in [6.45, 7) is 2.35. The molecule has 0 radical (unpaired) electrons. The molecule has 0 aromatic heterocycles. The van der Waals surface area contributed by atoms with E-state index in [1.54, 1.807) is 19.1 Å². The number of carbonyl (C=O) groups excluding carboxylic acids is 1. The summed E-state index contributed by atoms with van der Waals surface area (Å²) >= 11 is 1.91. The summed E-state index contributed by atoms with van der Waals surface area (Å²) in [6.07, 6.45) is 1.14. The molecule has 1 fully saturated rings. The van der Waals surface area contributed by atoms with E-state index in [4.69, 9.17) is 5.11 Å². The van der Waals surface area contributed by atoms with Crippen LogP contribution in [-0.4, -0.2) is 35.2 Å². The molecule has 1 aromatic rings. The molecule has 1 aliphatic rings. The van der Waals surface area contributed by atoms with Crippen LogP contribution in [-0.2, 0) is 0 Å². The lowest BCUT2D eigenvalue weighted by Crippen LogP contribution is -2.33. The van der Waals surface area contributed by atoms with Gasteiger partial charge in [-0.05, 0) is 48.5 Å². The highest BCUT2D eigenvalue weighted by Gasteiger charge is 2.17.